The minimum atomic E-state index is -0.340. The van der Waals surface area contributed by atoms with E-state index in [0.29, 0.717) is 6.42 Å². The summed E-state index contributed by atoms with van der Waals surface area (Å²) in [5, 5.41) is 0. The number of hydrogen-bond acceptors (Lipinski definition) is 3. The maximum atomic E-state index is 12.1. The summed E-state index contributed by atoms with van der Waals surface area (Å²) in [6.07, 6.45) is 4.45. The van der Waals surface area contributed by atoms with Crippen LogP contribution in [0.25, 0.3) is 0 Å². The van der Waals surface area contributed by atoms with Crippen molar-refractivity contribution in [1.82, 2.24) is 4.90 Å². The van der Waals surface area contributed by atoms with Crippen molar-refractivity contribution < 1.29 is 9.53 Å². The van der Waals surface area contributed by atoms with Crippen molar-refractivity contribution >= 4 is 5.97 Å². The van der Waals surface area contributed by atoms with Crippen molar-refractivity contribution in [3.05, 3.63) is 35.9 Å². The number of benzene rings is 1. The number of hydrogen-bond donors (Lipinski definition) is 0. The van der Waals surface area contributed by atoms with E-state index in [2.05, 4.69) is 30.9 Å². The minimum absolute atomic E-state index is 0.0503. The Morgan fingerprint density at radius 2 is 1.86 bits per heavy atom. The number of carbonyl (C=O) groups is 1. The second-order valence-electron chi connectivity index (χ2n) is 5.82. The van der Waals surface area contributed by atoms with E-state index in [1.807, 2.05) is 18.2 Å². The van der Waals surface area contributed by atoms with Crippen molar-refractivity contribution in [3.63, 3.8) is 0 Å². The van der Waals surface area contributed by atoms with Crippen LogP contribution in [0.5, 0.6) is 0 Å². The van der Waals surface area contributed by atoms with E-state index >= 15 is 0 Å². The molecule has 1 aromatic rings. The second kappa shape index (κ2) is 7.60. The third kappa shape index (κ3) is 4.07. The lowest BCUT2D eigenvalue weighted by atomic mass is 9.75. The maximum Gasteiger partial charge on any atom is 0.306 e. The Labute approximate surface area is 128 Å². The van der Waals surface area contributed by atoms with E-state index in [-0.39, 0.29) is 11.6 Å². The van der Waals surface area contributed by atoms with E-state index in [1.165, 1.54) is 0 Å². The molecule has 0 aliphatic heterocycles. The van der Waals surface area contributed by atoms with Gasteiger partial charge in [-0.2, -0.15) is 0 Å². The van der Waals surface area contributed by atoms with Crippen LogP contribution >= 0.6 is 0 Å². The molecule has 0 amide bonds. The smallest absolute Gasteiger partial charge is 0.306 e. The molecule has 0 bridgehead atoms. The summed E-state index contributed by atoms with van der Waals surface area (Å²) in [5.74, 6) is -0.0503. The monoisotopic (exact) mass is 289 g/mol. The average Bonchev–Trinajstić information content (AvgIpc) is 2.48. The molecular weight excluding hydrogens is 262 g/mol. The molecule has 0 unspecified atom stereocenters. The van der Waals surface area contributed by atoms with E-state index in [4.69, 9.17) is 4.74 Å². The zero-order chi connectivity index (χ0) is 15.1. The first-order valence-electron chi connectivity index (χ1n) is 8.20. The standard InChI is InChI=1S/C18H27NO2/c1-3-19(4-2)15-8-12-17(20)21-18(13-9-14-18)16-10-6-5-7-11-16/h5-7,10-11H,3-4,8-9,12-15H2,1-2H3. The van der Waals surface area contributed by atoms with Gasteiger partial charge in [-0.15, -0.1) is 0 Å². The lowest BCUT2D eigenvalue weighted by Crippen LogP contribution is -2.39. The van der Waals surface area contributed by atoms with Gasteiger partial charge in [0.15, 0.2) is 0 Å². The molecule has 1 saturated carbocycles. The Morgan fingerprint density at radius 3 is 2.38 bits per heavy atom. The first-order chi connectivity index (χ1) is 10.2. The first-order valence-corrected chi connectivity index (χ1v) is 8.20. The topological polar surface area (TPSA) is 29.5 Å². The average molecular weight is 289 g/mol. The SMILES string of the molecule is CCN(CC)CCCC(=O)OC1(c2ccccc2)CCC1. The number of carbonyl (C=O) groups excluding carboxylic acids is 1. The van der Waals surface area contributed by atoms with Gasteiger partial charge in [-0.3, -0.25) is 4.79 Å². The summed E-state index contributed by atoms with van der Waals surface area (Å²) in [7, 11) is 0. The van der Waals surface area contributed by atoms with Gasteiger partial charge in [0.25, 0.3) is 0 Å². The van der Waals surface area contributed by atoms with E-state index in [0.717, 1.165) is 50.9 Å². The molecule has 2 rings (SSSR count). The molecule has 116 valence electrons. The Bertz CT molecular complexity index is 436. The van der Waals surface area contributed by atoms with Gasteiger partial charge in [0.2, 0.25) is 0 Å². The molecule has 0 atom stereocenters. The van der Waals surface area contributed by atoms with Crippen LogP contribution in [0.15, 0.2) is 30.3 Å². The molecule has 0 heterocycles. The quantitative estimate of drug-likeness (QED) is 0.683. The van der Waals surface area contributed by atoms with Crippen LogP contribution in [0.3, 0.4) is 0 Å². The number of ether oxygens (including phenoxy) is 1. The number of nitrogens with zero attached hydrogens (tertiary/aromatic N) is 1. The maximum absolute atomic E-state index is 12.1. The highest BCUT2D eigenvalue weighted by molar-refractivity contribution is 5.70. The van der Waals surface area contributed by atoms with Gasteiger partial charge in [-0.25, -0.2) is 0 Å². The van der Waals surface area contributed by atoms with Gasteiger partial charge in [-0.1, -0.05) is 44.2 Å². The van der Waals surface area contributed by atoms with Crippen LogP contribution in [-0.4, -0.2) is 30.5 Å². The Kier molecular flexibility index (Phi) is 5.80. The predicted molar refractivity (Wildman–Crippen MR) is 85.1 cm³/mol. The molecule has 1 aromatic carbocycles. The highest BCUT2D eigenvalue weighted by Crippen LogP contribution is 2.44. The predicted octanol–water partition coefficient (Wildman–Crippen LogP) is 3.73. The Morgan fingerprint density at radius 1 is 1.19 bits per heavy atom. The summed E-state index contributed by atoms with van der Waals surface area (Å²) >= 11 is 0. The number of rotatable bonds is 8. The molecule has 0 N–H and O–H groups in total. The summed E-state index contributed by atoms with van der Waals surface area (Å²) in [4.78, 5) is 14.5. The summed E-state index contributed by atoms with van der Waals surface area (Å²) < 4.78 is 5.85. The third-order valence-corrected chi connectivity index (χ3v) is 4.52. The molecule has 1 fully saturated rings. The normalized spacial score (nSPS) is 16.5. The lowest BCUT2D eigenvalue weighted by Gasteiger charge is -2.41. The van der Waals surface area contributed by atoms with Crippen LogP contribution in [-0.2, 0) is 15.1 Å². The highest BCUT2D eigenvalue weighted by Gasteiger charge is 2.42. The Hall–Kier alpha value is -1.35. The lowest BCUT2D eigenvalue weighted by molar-refractivity contribution is -0.171. The molecule has 0 radical (unpaired) electrons. The van der Waals surface area contributed by atoms with Crippen molar-refractivity contribution in [1.29, 1.82) is 0 Å². The van der Waals surface area contributed by atoms with Crippen LogP contribution in [0, 0.1) is 0 Å². The highest BCUT2D eigenvalue weighted by atomic mass is 16.6. The first kappa shape index (κ1) is 16.0. The molecular formula is C18H27NO2. The van der Waals surface area contributed by atoms with Crippen LogP contribution in [0.2, 0.25) is 0 Å². The fourth-order valence-corrected chi connectivity index (χ4v) is 2.95. The molecule has 0 saturated heterocycles. The fourth-order valence-electron chi connectivity index (χ4n) is 2.95. The van der Waals surface area contributed by atoms with E-state index < -0.39 is 0 Å². The largest absolute Gasteiger partial charge is 0.454 e. The molecule has 0 aromatic heterocycles. The van der Waals surface area contributed by atoms with Crippen molar-refractivity contribution in [2.24, 2.45) is 0 Å². The van der Waals surface area contributed by atoms with Crippen LogP contribution in [0.4, 0.5) is 0 Å². The van der Waals surface area contributed by atoms with Gasteiger partial charge in [0, 0.05) is 6.42 Å². The van der Waals surface area contributed by atoms with Gasteiger partial charge in [0.1, 0.15) is 5.60 Å². The molecule has 1 aliphatic rings. The van der Waals surface area contributed by atoms with Crippen LogP contribution < -0.4 is 0 Å². The van der Waals surface area contributed by atoms with Gasteiger partial charge in [-0.05, 0) is 50.9 Å². The van der Waals surface area contributed by atoms with Crippen LogP contribution in [0.1, 0.15) is 51.5 Å². The summed E-state index contributed by atoms with van der Waals surface area (Å²) in [6, 6.07) is 10.2. The molecule has 3 nitrogen and oxygen atoms in total. The van der Waals surface area contributed by atoms with Crippen molar-refractivity contribution in [3.8, 4) is 0 Å². The third-order valence-electron chi connectivity index (χ3n) is 4.52. The van der Waals surface area contributed by atoms with E-state index in [9.17, 15) is 4.79 Å². The number of esters is 1. The zero-order valence-electron chi connectivity index (χ0n) is 13.3. The molecule has 21 heavy (non-hydrogen) atoms. The second-order valence-corrected chi connectivity index (χ2v) is 5.82. The minimum Gasteiger partial charge on any atom is -0.454 e. The Balaban J connectivity index is 1.84. The van der Waals surface area contributed by atoms with Gasteiger partial charge >= 0.3 is 5.97 Å². The summed E-state index contributed by atoms with van der Waals surface area (Å²) in [6.45, 7) is 7.36. The fraction of sp³-hybridized carbons (Fsp3) is 0.611. The van der Waals surface area contributed by atoms with Gasteiger partial charge < -0.3 is 9.64 Å². The van der Waals surface area contributed by atoms with E-state index in [1.54, 1.807) is 0 Å². The molecule has 3 heteroatoms. The molecule has 0 spiro atoms. The zero-order valence-corrected chi connectivity index (χ0v) is 13.3. The molecule has 1 aliphatic carbocycles. The van der Waals surface area contributed by atoms with Gasteiger partial charge in [0.05, 0.1) is 0 Å². The van der Waals surface area contributed by atoms with Crippen molar-refractivity contribution in [2.45, 2.75) is 51.6 Å². The van der Waals surface area contributed by atoms with Crippen molar-refractivity contribution in [2.75, 3.05) is 19.6 Å². The summed E-state index contributed by atoms with van der Waals surface area (Å²) in [5.41, 5.74) is 0.807.